The van der Waals surface area contributed by atoms with Gasteiger partial charge in [0.2, 0.25) is 5.91 Å². The summed E-state index contributed by atoms with van der Waals surface area (Å²) in [6.07, 6.45) is 7.35. The molecule has 1 aliphatic rings. The Kier molecular flexibility index (Phi) is 7.72. The summed E-state index contributed by atoms with van der Waals surface area (Å²) in [5, 5.41) is 1.18. The predicted molar refractivity (Wildman–Crippen MR) is 139 cm³/mol. The van der Waals surface area contributed by atoms with Crippen molar-refractivity contribution in [2.45, 2.75) is 71.8 Å². The molecule has 180 valence electrons. The van der Waals surface area contributed by atoms with Gasteiger partial charge < -0.3 is 4.90 Å². The molecule has 1 atom stereocenters. The van der Waals surface area contributed by atoms with Crippen molar-refractivity contribution >= 4 is 28.4 Å². The van der Waals surface area contributed by atoms with Crippen LogP contribution in [-0.4, -0.2) is 26.9 Å². The maximum atomic E-state index is 13.8. The van der Waals surface area contributed by atoms with E-state index in [0.29, 0.717) is 28.3 Å². The van der Waals surface area contributed by atoms with Crippen LogP contribution in [0.25, 0.3) is 16.6 Å². The fourth-order valence-corrected chi connectivity index (χ4v) is 4.99. The number of hydrogen-bond acceptors (Lipinski definition) is 3. The first-order valence-electron chi connectivity index (χ1n) is 12.5. The third kappa shape index (κ3) is 4.90. The Labute approximate surface area is 206 Å². The van der Waals surface area contributed by atoms with Gasteiger partial charge >= 0.3 is 0 Å². The van der Waals surface area contributed by atoms with Gasteiger partial charge in [-0.2, -0.15) is 0 Å². The Hall–Kier alpha value is -2.66. The van der Waals surface area contributed by atoms with E-state index in [-0.39, 0.29) is 23.4 Å². The van der Waals surface area contributed by atoms with Gasteiger partial charge in [-0.25, -0.2) is 4.98 Å². The summed E-state index contributed by atoms with van der Waals surface area (Å²) in [6.45, 7) is 6.82. The fourth-order valence-electron chi connectivity index (χ4n) is 4.77. The number of halogens is 1. The van der Waals surface area contributed by atoms with E-state index < -0.39 is 0 Å². The van der Waals surface area contributed by atoms with E-state index in [4.69, 9.17) is 16.6 Å². The van der Waals surface area contributed by atoms with Crippen LogP contribution in [0.5, 0.6) is 0 Å². The van der Waals surface area contributed by atoms with Crippen LogP contribution in [0.3, 0.4) is 0 Å². The van der Waals surface area contributed by atoms with Crippen molar-refractivity contribution in [3.05, 3.63) is 69.2 Å². The van der Waals surface area contributed by atoms with Gasteiger partial charge in [0.05, 0.1) is 22.6 Å². The number of unbranched alkanes of at least 4 members (excludes halogenated alkanes) is 3. The standard InChI is InChI=1S/C28H34ClN3O2/c1-4-5-6-9-17-31(27(33)21-11-10-12-21)20(3)26-30-24-14-8-7-13-23(24)28(34)32(26)25-16-15-22(29)18-19(25)2/h7-8,13-16,18,20-21H,4-6,9-12,17H2,1-3H3. The molecule has 0 aliphatic heterocycles. The number of hydrogen-bond donors (Lipinski definition) is 0. The van der Waals surface area contributed by atoms with Crippen LogP contribution in [0.4, 0.5) is 0 Å². The molecule has 6 heteroatoms. The van der Waals surface area contributed by atoms with Gasteiger partial charge in [-0.1, -0.05) is 56.3 Å². The Morgan fingerprint density at radius 2 is 1.94 bits per heavy atom. The molecule has 4 rings (SSSR count). The summed E-state index contributed by atoms with van der Waals surface area (Å²) < 4.78 is 1.69. The van der Waals surface area contributed by atoms with Gasteiger partial charge in [0.25, 0.3) is 5.56 Å². The van der Waals surface area contributed by atoms with Gasteiger partial charge in [0.15, 0.2) is 0 Å². The van der Waals surface area contributed by atoms with Crippen molar-refractivity contribution in [1.82, 2.24) is 14.5 Å². The zero-order chi connectivity index (χ0) is 24.2. The number of nitrogens with zero attached hydrogens (tertiary/aromatic N) is 3. The number of carbonyl (C=O) groups is 1. The molecule has 0 radical (unpaired) electrons. The van der Waals surface area contributed by atoms with Crippen LogP contribution >= 0.6 is 11.6 Å². The predicted octanol–water partition coefficient (Wildman–Crippen LogP) is 6.62. The highest BCUT2D eigenvalue weighted by atomic mass is 35.5. The third-order valence-electron chi connectivity index (χ3n) is 7.03. The SMILES string of the molecule is CCCCCCN(C(=O)C1CCC1)C(C)c1nc2ccccc2c(=O)n1-c1ccc(Cl)cc1C. The van der Waals surface area contributed by atoms with Crippen molar-refractivity contribution in [1.29, 1.82) is 0 Å². The van der Waals surface area contributed by atoms with E-state index in [2.05, 4.69) is 6.92 Å². The van der Waals surface area contributed by atoms with Crippen molar-refractivity contribution < 1.29 is 4.79 Å². The smallest absolute Gasteiger partial charge is 0.266 e. The number of rotatable bonds is 9. The Morgan fingerprint density at radius 3 is 2.62 bits per heavy atom. The monoisotopic (exact) mass is 479 g/mol. The number of amides is 1. The average molecular weight is 480 g/mol. The molecule has 1 heterocycles. The molecule has 34 heavy (non-hydrogen) atoms. The number of para-hydroxylation sites is 1. The van der Waals surface area contributed by atoms with Crippen LogP contribution in [0.1, 0.15) is 76.2 Å². The molecule has 1 unspecified atom stereocenters. The zero-order valence-corrected chi connectivity index (χ0v) is 21.1. The molecule has 2 aromatic carbocycles. The molecule has 1 saturated carbocycles. The van der Waals surface area contributed by atoms with E-state index in [1.165, 1.54) is 0 Å². The van der Waals surface area contributed by atoms with Crippen molar-refractivity contribution in [2.24, 2.45) is 5.92 Å². The van der Waals surface area contributed by atoms with Crippen LogP contribution in [0.15, 0.2) is 47.3 Å². The average Bonchev–Trinajstić information content (AvgIpc) is 2.78. The lowest BCUT2D eigenvalue weighted by Gasteiger charge is -2.36. The second-order valence-electron chi connectivity index (χ2n) is 9.45. The molecule has 1 aliphatic carbocycles. The first-order chi connectivity index (χ1) is 16.4. The molecule has 1 amide bonds. The Bertz CT molecular complexity index is 1230. The second kappa shape index (κ2) is 10.7. The highest BCUT2D eigenvalue weighted by Gasteiger charge is 2.34. The van der Waals surface area contributed by atoms with E-state index in [0.717, 1.165) is 56.2 Å². The van der Waals surface area contributed by atoms with Gasteiger partial charge in [-0.05, 0) is 69.0 Å². The maximum Gasteiger partial charge on any atom is 0.266 e. The molecule has 0 saturated heterocycles. The lowest BCUT2D eigenvalue weighted by Crippen LogP contribution is -2.43. The van der Waals surface area contributed by atoms with Gasteiger partial charge in [0.1, 0.15) is 5.82 Å². The number of fused-ring (bicyclic) bond motifs is 1. The van der Waals surface area contributed by atoms with Crippen molar-refractivity contribution in [3.63, 3.8) is 0 Å². The first-order valence-corrected chi connectivity index (χ1v) is 12.9. The van der Waals surface area contributed by atoms with Crippen LogP contribution < -0.4 is 5.56 Å². The highest BCUT2D eigenvalue weighted by Crippen LogP contribution is 2.32. The zero-order valence-electron chi connectivity index (χ0n) is 20.4. The first kappa shape index (κ1) is 24.5. The van der Waals surface area contributed by atoms with Gasteiger partial charge in [-0.15, -0.1) is 0 Å². The van der Waals surface area contributed by atoms with Gasteiger partial charge in [-0.3, -0.25) is 14.2 Å². The van der Waals surface area contributed by atoms with Crippen molar-refractivity contribution in [3.8, 4) is 5.69 Å². The Morgan fingerprint density at radius 1 is 1.18 bits per heavy atom. The number of aryl methyl sites for hydroxylation is 1. The lowest BCUT2D eigenvalue weighted by molar-refractivity contribution is -0.140. The maximum absolute atomic E-state index is 13.8. The summed E-state index contributed by atoms with van der Waals surface area (Å²) in [5.41, 5.74) is 2.16. The number of aromatic nitrogens is 2. The molecular weight excluding hydrogens is 446 g/mol. The molecule has 1 fully saturated rings. The molecule has 1 aromatic heterocycles. The van der Waals surface area contributed by atoms with E-state index in [1.54, 1.807) is 10.6 Å². The summed E-state index contributed by atoms with van der Waals surface area (Å²) in [6, 6.07) is 12.6. The molecule has 5 nitrogen and oxygen atoms in total. The van der Waals surface area contributed by atoms with E-state index >= 15 is 0 Å². The third-order valence-corrected chi connectivity index (χ3v) is 7.27. The second-order valence-corrected chi connectivity index (χ2v) is 9.89. The molecule has 0 spiro atoms. The van der Waals surface area contributed by atoms with E-state index in [9.17, 15) is 9.59 Å². The van der Waals surface area contributed by atoms with Crippen LogP contribution in [0, 0.1) is 12.8 Å². The minimum Gasteiger partial charge on any atom is -0.333 e. The number of benzene rings is 2. The van der Waals surface area contributed by atoms with E-state index in [1.807, 2.05) is 55.1 Å². The lowest BCUT2D eigenvalue weighted by atomic mass is 9.84. The quantitative estimate of drug-likeness (QED) is 0.324. The fraction of sp³-hybridized carbons (Fsp3) is 0.464. The minimum absolute atomic E-state index is 0.0894. The normalized spacial score (nSPS) is 14.7. The summed E-state index contributed by atoms with van der Waals surface area (Å²) >= 11 is 6.22. The largest absolute Gasteiger partial charge is 0.333 e. The topological polar surface area (TPSA) is 55.2 Å². The molecule has 3 aromatic rings. The number of carbonyl (C=O) groups excluding carboxylic acids is 1. The van der Waals surface area contributed by atoms with Crippen LogP contribution in [0.2, 0.25) is 5.02 Å². The minimum atomic E-state index is -0.331. The highest BCUT2D eigenvalue weighted by molar-refractivity contribution is 6.30. The molecule has 0 N–H and O–H groups in total. The molecular formula is C28H34ClN3O2. The van der Waals surface area contributed by atoms with Gasteiger partial charge in [0, 0.05) is 17.5 Å². The summed E-state index contributed by atoms with van der Waals surface area (Å²) in [7, 11) is 0. The summed E-state index contributed by atoms with van der Waals surface area (Å²) in [5.74, 6) is 0.876. The van der Waals surface area contributed by atoms with Crippen molar-refractivity contribution in [2.75, 3.05) is 6.54 Å². The Balaban J connectivity index is 1.84. The summed E-state index contributed by atoms with van der Waals surface area (Å²) in [4.78, 5) is 34.2. The molecule has 0 bridgehead atoms. The van der Waals surface area contributed by atoms with Crippen LogP contribution in [-0.2, 0) is 4.79 Å².